The van der Waals surface area contributed by atoms with Crippen molar-refractivity contribution in [1.82, 2.24) is 10.2 Å². The zero-order valence-electron chi connectivity index (χ0n) is 8.79. The van der Waals surface area contributed by atoms with E-state index in [1.165, 1.54) is 13.0 Å². The summed E-state index contributed by atoms with van der Waals surface area (Å²) in [7, 11) is 2.16. The third-order valence-corrected chi connectivity index (χ3v) is 2.66. The summed E-state index contributed by atoms with van der Waals surface area (Å²) in [6.07, 6.45) is 3.20. The topological polar surface area (TPSA) is 35.5 Å². The van der Waals surface area contributed by atoms with Crippen LogP contribution < -0.4 is 5.32 Å². The van der Waals surface area contributed by atoms with Gasteiger partial charge in [-0.3, -0.25) is 0 Å². The molecule has 3 heteroatoms. The van der Waals surface area contributed by atoms with Crippen LogP contribution in [0.25, 0.3) is 0 Å². The van der Waals surface area contributed by atoms with Gasteiger partial charge in [0.25, 0.3) is 0 Å². The highest BCUT2D eigenvalue weighted by atomic mass is 16.3. The highest BCUT2D eigenvalue weighted by Gasteiger charge is 2.21. The molecule has 1 rings (SSSR count). The van der Waals surface area contributed by atoms with Gasteiger partial charge in [-0.25, -0.2) is 0 Å². The van der Waals surface area contributed by atoms with Crippen molar-refractivity contribution in [3.63, 3.8) is 0 Å². The van der Waals surface area contributed by atoms with Crippen molar-refractivity contribution in [1.29, 1.82) is 0 Å². The van der Waals surface area contributed by atoms with E-state index < -0.39 is 0 Å². The Morgan fingerprint density at radius 3 is 2.77 bits per heavy atom. The first-order chi connectivity index (χ1) is 6.22. The quantitative estimate of drug-likeness (QED) is 0.654. The van der Waals surface area contributed by atoms with Gasteiger partial charge in [-0.1, -0.05) is 6.92 Å². The molecule has 3 nitrogen and oxygen atoms in total. The lowest BCUT2D eigenvalue weighted by atomic mass is 10.1. The largest absolute Gasteiger partial charge is 0.392 e. The van der Waals surface area contributed by atoms with Crippen LogP contribution in [0.3, 0.4) is 0 Å². The molecule has 0 radical (unpaired) electrons. The summed E-state index contributed by atoms with van der Waals surface area (Å²) in [4.78, 5) is 2.35. The van der Waals surface area contributed by atoms with E-state index >= 15 is 0 Å². The number of hydrogen-bond acceptors (Lipinski definition) is 3. The number of hydrogen-bond donors (Lipinski definition) is 2. The molecule has 0 saturated carbocycles. The fourth-order valence-electron chi connectivity index (χ4n) is 1.89. The molecule has 0 aromatic heterocycles. The zero-order chi connectivity index (χ0) is 9.68. The number of β-amino-alcohol motifs (C(OH)–C–C–N with tert-alkyl or cyclic N) is 1. The maximum absolute atomic E-state index is 9.29. The summed E-state index contributed by atoms with van der Waals surface area (Å²) in [6, 6.07) is 0.536. The van der Waals surface area contributed by atoms with Crippen molar-refractivity contribution in [2.24, 2.45) is 0 Å². The van der Waals surface area contributed by atoms with E-state index in [9.17, 15) is 5.11 Å². The van der Waals surface area contributed by atoms with Gasteiger partial charge < -0.3 is 15.3 Å². The molecule has 0 bridgehead atoms. The molecule has 0 aromatic carbocycles. The monoisotopic (exact) mass is 186 g/mol. The fraction of sp³-hybridized carbons (Fsp3) is 1.00. The van der Waals surface area contributed by atoms with Gasteiger partial charge >= 0.3 is 0 Å². The fourth-order valence-corrected chi connectivity index (χ4v) is 1.89. The molecule has 2 unspecified atom stereocenters. The zero-order valence-corrected chi connectivity index (χ0v) is 8.79. The summed E-state index contributed by atoms with van der Waals surface area (Å²) < 4.78 is 0. The number of nitrogens with zero attached hydrogens (tertiary/aromatic N) is 1. The van der Waals surface area contributed by atoms with E-state index in [-0.39, 0.29) is 6.10 Å². The molecule has 1 saturated heterocycles. The Kier molecular flexibility index (Phi) is 4.70. The average molecular weight is 186 g/mol. The minimum absolute atomic E-state index is 0.110. The first-order valence-electron chi connectivity index (χ1n) is 5.32. The van der Waals surface area contributed by atoms with Crippen LogP contribution in [-0.4, -0.2) is 48.8 Å². The second kappa shape index (κ2) is 5.58. The average Bonchev–Trinajstić information content (AvgIpc) is 2.49. The first-order valence-corrected chi connectivity index (χ1v) is 5.32. The summed E-state index contributed by atoms with van der Waals surface area (Å²) >= 11 is 0. The molecule has 1 fully saturated rings. The lowest BCUT2D eigenvalue weighted by Crippen LogP contribution is -2.28. The lowest BCUT2D eigenvalue weighted by molar-refractivity contribution is 0.191. The molecule has 2 N–H and O–H groups in total. The molecule has 0 aromatic rings. The van der Waals surface area contributed by atoms with Crippen molar-refractivity contribution in [3.05, 3.63) is 0 Å². The number of nitrogens with one attached hydrogen (secondary N) is 1. The molecule has 0 amide bonds. The number of aliphatic hydroxyl groups is 1. The van der Waals surface area contributed by atoms with Crippen LogP contribution in [0, 0.1) is 0 Å². The van der Waals surface area contributed by atoms with Crippen LogP contribution in [-0.2, 0) is 0 Å². The Labute approximate surface area is 81.1 Å². The van der Waals surface area contributed by atoms with Gasteiger partial charge in [0.15, 0.2) is 0 Å². The Morgan fingerprint density at radius 1 is 1.46 bits per heavy atom. The molecule has 2 atom stereocenters. The second-order valence-corrected chi connectivity index (χ2v) is 4.09. The Bertz CT molecular complexity index is 141. The van der Waals surface area contributed by atoms with Gasteiger partial charge in [-0.2, -0.15) is 0 Å². The van der Waals surface area contributed by atoms with E-state index in [0.29, 0.717) is 6.04 Å². The van der Waals surface area contributed by atoms with Gasteiger partial charge in [0.1, 0.15) is 0 Å². The van der Waals surface area contributed by atoms with E-state index in [0.717, 1.165) is 25.9 Å². The predicted octanol–water partition coefficient (Wildman–Crippen LogP) is 0.441. The van der Waals surface area contributed by atoms with E-state index in [1.807, 2.05) is 0 Å². The summed E-state index contributed by atoms with van der Waals surface area (Å²) in [5, 5.41) is 12.6. The first kappa shape index (κ1) is 11.0. The molecule has 13 heavy (non-hydrogen) atoms. The van der Waals surface area contributed by atoms with Crippen molar-refractivity contribution < 1.29 is 5.11 Å². The van der Waals surface area contributed by atoms with Crippen LogP contribution >= 0.6 is 0 Å². The summed E-state index contributed by atoms with van der Waals surface area (Å²) in [5.74, 6) is 0. The lowest BCUT2D eigenvalue weighted by Gasteiger charge is -2.18. The standard InChI is InChI=1S/C10H22N2O/c1-3-5-12(2)6-4-9-7-10(13)8-11-9/h9-11,13H,3-8H2,1-2H3. The molecule has 1 heterocycles. The van der Waals surface area contributed by atoms with Gasteiger partial charge in [-0.05, 0) is 39.4 Å². The Hall–Kier alpha value is -0.120. The Morgan fingerprint density at radius 2 is 2.23 bits per heavy atom. The molecular formula is C10H22N2O. The van der Waals surface area contributed by atoms with Gasteiger partial charge in [0, 0.05) is 12.6 Å². The molecule has 78 valence electrons. The number of rotatable bonds is 5. The summed E-state index contributed by atoms with van der Waals surface area (Å²) in [6.45, 7) is 5.30. The molecular weight excluding hydrogens is 164 g/mol. The van der Waals surface area contributed by atoms with Crippen LogP contribution in [0.15, 0.2) is 0 Å². The third kappa shape index (κ3) is 4.07. The molecule has 0 spiro atoms. The minimum atomic E-state index is -0.110. The van der Waals surface area contributed by atoms with Crippen molar-refractivity contribution in [2.75, 3.05) is 26.7 Å². The predicted molar refractivity (Wildman–Crippen MR) is 54.8 cm³/mol. The maximum atomic E-state index is 9.29. The van der Waals surface area contributed by atoms with Crippen molar-refractivity contribution >= 4 is 0 Å². The van der Waals surface area contributed by atoms with Crippen molar-refractivity contribution in [2.45, 2.75) is 38.3 Å². The van der Waals surface area contributed by atoms with Gasteiger partial charge in [0.05, 0.1) is 6.10 Å². The molecule has 0 aliphatic carbocycles. The Balaban J connectivity index is 2.05. The van der Waals surface area contributed by atoms with Crippen LogP contribution in [0.1, 0.15) is 26.2 Å². The van der Waals surface area contributed by atoms with E-state index in [1.54, 1.807) is 0 Å². The normalized spacial score (nSPS) is 28.6. The molecule has 1 aliphatic rings. The molecule has 1 aliphatic heterocycles. The smallest absolute Gasteiger partial charge is 0.0679 e. The highest BCUT2D eigenvalue weighted by Crippen LogP contribution is 2.09. The van der Waals surface area contributed by atoms with E-state index in [4.69, 9.17) is 0 Å². The SMILES string of the molecule is CCCN(C)CCC1CC(O)CN1. The highest BCUT2D eigenvalue weighted by molar-refractivity contribution is 4.81. The number of aliphatic hydroxyl groups excluding tert-OH is 1. The van der Waals surface area contributed by atoms with Crippen LogP contribution in [0.2, 0.25) is 0 Å². The van der Waals surface area contributed by atoms with Crippen LogP contribution in [0.5, 0.6) is 0 Å². The maximum Gasteiger partial charge on any atom is 0.0679 e. The minimum Gasteiger partial charge on any atom is -0.392 e. The second-order valence-electron chi connectivity index (χ2n) is 4.09. The third-order valence-electron chi connectivity index (χ3n) is 2.66. The van der Waals surface area contributed by atoms with Gasteiger partial charge in [-0.15, -0.1) is 0 Å². The van der Waals surface area contributed by atoms with E-state index in [2.05, 4.69) is 24.2 Å². The summed E-state index contributed by atoms with van der Waals surface area (Å²) in [5.41, 5.74) is 0. The van der Waals surface area contributed by atoms with Crippen molar-refractivity contribution in [3.8, 4) is 0 Å². The van der Waals surface area contributed by atoms with Crippen LogP contribution in [0.4, 0.5) is 0 Å². The van der Waals surface area contributed by atoms with Gasteiger partial charge in [0.2, 0.25) is 0 Å².